The molecule has 0 aliphatic carbocycles. The second-order valence-corrected chi connectivity index (χ2v) is 6.53. The number of nitrogens with one attached hydrogen (secondary N) is 2. The lowest BCUT2D eigenvalue weighted by molar-refractivity contribution is -0.151. The van der Waals surface area contributed by atoms with Crippen LogP contribution < -0.4 is 10.6 Å². The molecule has 2 amide bonds. The SMILES string of the molecule is CNC(=O)OC(CO)COC(=O)C(C)C.CNC(=O)OCC(O)COC(=O)C(C)C. The summed E-state index contributed by atoms with van der Waals surface area (Å²) >= 11 is 0. The lowest BCUT2D eigenvalue weighted by atomic mass is 10.2. The molecule has 30 heavy (non-hydrogen) atoms. The van der Waals surface area contributed by atoms with Crippen molar-refractivity contribution in [1.82, 2.24) is 10.6 Å². The average molecular weight is 438 g/mol. The molecule has 2 atom stereocenters. The number of hydrogen-bond acceptors (Lipinski definition) is 10. The summed E-state index contributed by atoms with van der Waals surface area (Å²) < 4.78 is 18.8. The van der Waals surface area contributed by atoms with Gasteiger partial charge in [0.15, 0.2) is 6.10 Å². The molecule has 0 bridgehead atoms. The van der Waals surface area contributed by atoms with Gasteiger partial charge in [-0.05, 0) is 0 Å². The largest absolute Gasteiger partial charge is 0.463 e. The standard InChI is InChI=1S/2C9H17NO5/c1-6(2)8(12)14-4-7(11)5-15-9(13)10-3;1-6(2)8(12)14-5-7(4-11)15-9(13)10-3/h2*6-7,11H,4-5H2,1-3H3,(H,10,13). The molecule has 0 aromatic rings. The van der Waals surface area contributed by atoms with E-state index in [0.29, 0.717) is 0 Å². The number of ether oxygens (including phenoxy) is 4. The molecule has 2 unspecified atom stereocenters. The van der Waals surface area contributed by atoms with Crippen LogP contribution in [0.25, 0.3) is 0 Å². The lowest BCUT2D eigenvalue weighted by Gasteiger charge is -2.15. The Morgan fingerprint density at radius 2 is 1.20 bits per heavy atom. The summed E-state index contributed by atoms with van der Waals surface area (Å²) in [6.45, 7) is 5.86. The molecule has 0 aromatic heterocycles. The molecule has 0 aromatic carbocycles. The van der Waals surface area contributed by atoms with E-state index in [-0.39, 0.29) is 31.7 Å². The number of alkyl carbamates (subject to hydrolysis) is 2. The van der Waals surface area contributed by atoms with E-state index in [4.69, 9.17) is 19.3 Å². The quantitative estimate of drug-likeness (QED) is 0.265. The van der Waals surface area contributed by atoms with E-state index in [0.717, 1.165) is 0 Å². The summed E-state index contributed by atoms with van der Waals surface area (Å²) in [6.07, 6.45) is -3.13. The maximum atomic E-state index is 11.1. The first kappa shape index (κ1) is 29.6. The van der Waals surface area contributed by atoms with Crippen molar-refractivity contribution < 1.29 is 48.3 Å². The zero-order chi connectivity index (χ0) is 23.7. The van der Waals surface area contributed by atoms with E-state index in [1.54, 1.807) is 27.7 Å². The van der Waals surface area contributed by atoms with Gasteiger partial charge in [-0.2, -0.15) is 0 Å². The van der Waals surface area contributed by atoms with Crippen LogP contribution in [0.2, 0.25) is 0 Å². The van der Waals surface area contributed by atoms with Crippen LogP contribution in [0.15, 0.2) is 0 Å². The summed E-state index contributed by atoms with van der Waals surface area (Å²) in [4.78, 5) is 43.4. The van der Waals surface area contributed by atoms with Crippen LogP contribution in [0.5, 0.6) is 0 Å². The molecule has 0 aliphatic heterocycles. The predicted octanol–water partition coefficient (Wildman–Crippen LogP) is -0.195. The number of rotatable bonds is 10. The van der Waals surface area contributed by atoms with Crippen molar-refractivity contribution in [3.8, 4) is 0 Å². The third-order valence-corrected chi connectivity index (χ3v) is 3.06. The van der Waals surface area contributed by atoms with E-state index in [1.165, 1.54) is 14.1 Å². The maximum Gasteiger partial charge on any atom is 0.407 e. The number of aliphatic hydroxyl groups excluding tert-OH is 2. The van der Waals surface area contributed by atoms with Crippen molar-refractivity contribution in [2.45, 2.75) is 39.9 Å². The molecule has 0 aliphatic rings. The Kier molecular flexibility index (Phi) is 17.0. The normalized spacial score (nSPS) is 12.1. The summed E-state index contributed by atoms with van der Waals surface area (Å²) in [5, 5.41) is 22.5. The van der Waals surface area contributed by atoms with Gasteiger partial charge < -0.3 is 39.8 Å². The van der Waals surface area contributed by atoms with Gasteiger partial charge in [0, 0.05) is 14.1 Å². The minimum atomic E-state index is -0.995. The van der Waals surface area contributed by atoms with Crippen LogP contribution in [-0.2, 0) is 28.5 Å². The highest BCUT2D eigenvalue weighted by Gasteiger charge is 2.16. The van der Waals surface area contributed by atoms with Gasteiger partial charge in [0.1, 0.15) is 25.9 Å². The van der Waals surface area contributed by atoms with Crippen LogP contribution in [0, 0.1) is 11.8 Å². The molecule has 0 saturated heterocycles. The van der Waals surface area contributed by atoms with Crippen molar-refractivity contribution in [2.24, 2.45) is 11.8 Å². The second kappa shape index (κ2) is 17.3. The van der Waals surface area contributed by atoms with Crippen LogP contribution in [0.3, 0.4) is 0 Å². The molecular formula is C18H34N2O10. The minimum Gasteiger partial charge on any atom is -0.463 e. The van der Waals surface area contributed by atoms with Crippen molar-refractivity contribution in [2.75, 3.05) is 40.5 Å². The van der Waals surface area contributed by atoms with E-state index in [1.807, 2.05) is 0 Å². The van der Waals surface area contributed by atoms with Gasteiger partial charge >= 0.3 is 24.1 Å². The third kappa shape index (κ3) is 16.4. The monoisotopic (exact) mass is 438 g/mol. The highest BCUT2D eigenvalue weighted by atomic mass is 16.6. The van der Waals surface area contributed by atoms with Crippen molar-refractivity contribution >= 4 is 24.1 Å². The lowest BCUT2D eigenvalue weighted by Crippen LogP contribution is -2.33. The zero-order valence-electron chi connectivity index (χ0n) is 18.3. The fraction of sp³-hybridized carbons (Fsp3) is 0.778. The molecule has 12 heteroatoms. The molecule has 12 nitrogen and oxygen atoms in total. The van der Waals surface area contributed by atoms with Gasteiger partial charge in [0.25, 0.3) is 0 Å². The predicted molar refractivity (Wildman–Crippen MR) is 104 cm³/mol. The second-order valence-electron chi connectivity index (χ2n) is 6.53. The number of carbonyl (C=O) groups excluding carboxylic acids is 4. The maximum absolute atomic E-state index is 11.1. The first-order valence-electron chi connectivity index (χ1n) is 9.33. The van der Waals surface area contributed by atoms with Crippen LogP contribution in [-0.4, -0.2) is 87.1 Å². The highest BCUT2D eigenvalue weighted by molar-refractivity contribution is 5.72. The van der Waals surface area contributed by atoms with Crippen LogP contribution in [0.1, 0.15) is 27.7 Å². The summed E-state index contributed by atoms with van der Waals surface area (Å²) in [5.74, 6) is -1.27. The molecule has 4 N–H and O–H groups in total. The van der Waals surface area contributed by atoms with E-state index >= 15 is 0 Å². The molecule has 0 saturated carbocycles. The molecule has 0 heterocycles. The number of amides is 2. The van der Waals surface area contributed by atoms with Gasteiger partial charge in [0.05, 0.1) is 18.4 Å². The third-order valence-electron chi connectivity index (χ3n) is 3.06. The molecule has 0 spiro atoms. The van der Waals surface area contributed by atoms with Crippen LogP contribution >= 0.6 is 0 Å². The smallest absolute Gasteiger partial charge is 0.407 e. The minimum absolute atomic E-state index is 0.138. The first-order valence-corrected chi connectivity index (χ1v) is 9.33. The Balaban J connectivity index is 0. The van der Waals surface area contributed by atoms with E-state index in [9.17, 15) is 24.3 Å². The topological polar surface area (TPSA) is 170 Å². The summed E-state index contributed by atoms with van der Waals surface area (Å²) in [5.41, 5.74) is 0. The average Bonchev–Trinajstić information content (AvgIpc) is 2.72. The first-order chi connectivity index (χ1) is 14.0. The number of carbonyl (C=O) groups is 4. The zero-order valence-corrected chi connectivity index (χ0v) is 18.3. The Morgan fingerprint density at radius 1 is 0.767 bits per heavy atom. The molecule has 0 rings (SSSR count). The Morgan fingerprint density at radius 3 is 1.60 bits per heavy atom. The van der Waals surface area contributed by atoms with E-state index in [2.05, 4.69) is 15.4 Å². The van der Waals surface area contributed by atoms with Gasteiger partial charge in [0.2, 0.25) is 0 Å². The van der Waals surface area contributed by atoms with Crippen LogP contribution in [0.4, 0.5) is 9.59 Å². The number of hydrogen-bond donors (Lipinski definition) is 4. The molecule has 176 valence electrons. The fourth-order valence-corrected chi connectivity index (χ4v) is 1.31. The number of esters is 2. The van der Waals surface area contributed by atoms with Gasteiger partial charge in [-0.1, -0.05) is 27.7 Å². The Hall–Kier alpha value is -2.60. The molecule has 0 fully saturated rings. The Bertz CT molecular complexity index is 525. The Labute approximate surface area is 176 Å². The van der Waals surface area contributed by atoms with Crippen molar-refractivity contribution in [3.05, 3.63) is 0 Å². The number of aliphatic hydroxyl groups is 2. The summed E-state index contributed by atoms with van der Waals surface area (Å²) in [6, 6.07) is 0. The highest BCUT2D eigenvalue weighted by Crippen LogP contribution is 2.00. The molecule has 0 radical (unpaired) electrons. The van der Waals surface area contributed by atoms with Gasteiger partial charge in [-0.15, -0.1) is 0 Å². The van der Waals surface area contributed by atoms with Crippen molar-refractivity contribution in [3.63, 3.8) is 0 Å². The molecular weight excluding hydrogens is 404 g/mol. The van der Waals surface area contributed by atoms with Crippen molar-refractivity contribution in [1.29, 1.82) is 0 Å². The van der Waals surface area contributed by atoms with Gasteiger partial charge in [-0.25, -0.2) is 9.59 Å². The van der Waals surface area contributed by atoms with Gasteiger partial charge in [-0.3, -0.25) is 9.59 Å². The fourth-order valence-electron chi connectivity index (χ4n) is 1.31. The van der Waals surface area contributed by atoms with E-state index < -0.39 is 42.9 Å². The summed E-state index contributed by atoms with van der Waals surface area (Å²) in [7, 11) is 2.81.